The van der Waals surface area contributed by atoms with Crippen LogP contribution in [0.3, 0.4) is 0 Å². The molecule has 1 aliphatic rings. The van der Waals surface area contributed by atoms with E-state index in [-0.39, 0.29) is 5.48 Å². The number of hydrogen-bond acceptors (Lipinski definition) is 4. The topological polar surface area (TPSA) is 81.2 Å². The highest BCUT2D eigenvalue weighted by molar-refractivity contribution is 7.73. The molecule has 1 N–H and O–H groups in total. The van der Waals surface area contributed by atoms with Gasteiger partial charge in [0.1, 0.15) is 0 Å². The van der Waals surface area contributed by atoms with E-state index in [0.717, 1.165) is 12.1 Å². The molecular weight excluding hydrogens is 242 g/mol. The van der Waals surface area contributed by atoms with Crippen molar-refractivity contribution in [3.63, 3.8) is 0 Å². The summed E-state index contributed by atoms with van der Waals surface area (Å²) >= 11 is 0. The van der Waals surface area contributed by atoms with Crippen molar-refractivity contribution < 1.29 is 23.2 Å². The number of rotatable bonds is 2. The lowest BCUT2D eigenvalue weighted by Gasteiger charge is -2.01. The van der Waals surface area contributed by atoms with Crippen molar-refractivity contribution in [2.75, 3.05) is 0 Å². The maximum Gasteiger partial charge on any atom is 0.220 e. The van der Waals surface area contributed by atoms with E-state index in [2.05, 4.69) is 0 Å². The summed E-state index contributed by atoms with van der Waals surface area (Å²) < 4.78 is 28.9. The van der Waals surface area contributed by atoms with E-state index >= 15 is 0 Å². The Hall–Kier alpha value is -1.66. The van der Waals surface area contributed by atoms with Crippen LogP contribution in [-0.2, 0) is 16.8 Å². The molecule has 0 amide bonds. The zero-order chi connectivity index (χ0) is 11.5. The number of aromatic nitrogens is 1. The van der Waals surface area contributed by atoms with Crippen molar-refractivity contribution in [1.82, 2.24) is 0 Å². The average Bonchev–Trinajstić information content (AvgIpc) is 2.77. The molecule has 0 spiro atoms. The Morgan fingerprint density at radius 2 is 2.24 bits per heavy atom. The van der Waals surface area contributed by atoms with Crippen molar-refractivity contribution in [3.8, 4) is 0 Å². The highest BCUT2D eigenvalue weighted by Crippen LogP contribution is 2.18. The molecule has 0 unspecified atom stereocenters. The molecule has 0 bridgehead atoms. The summed E-state index contributed by atoms with van der Waals surface area (Å²) in [6.07, 6.45) is 7.61. The number of allylic oxidation sites excluding steroid dienone is 4. The molecule has 5 nitrogen and oxygen atoms in total. The van der Waals surface area contributed by atoms with Crippen LogP contribution in [0.2, 0.25) is 0 Å². The van der Waals surface area contributed by atoms with E-state index in [4.69, 9.17) is 4.52 Å². The van der Waals surface area contributed by atoms with E-state index in [1.807, 2.05) is 31.3 Å². The zero-order valence-corrected chi connectivity index (χ0v) is 10.1. The highest BCUT2D eigenvalue weighted by atomic mass is 32.2. The fourth-order valence-corrected chi connectivity index (χ4v) is 1.96. The van der Waals surface area contributed by atoms with Gasteiger partial charge < -0.3 is 5.48 Å². The first kappa shape index (κ1) is 13.4. The molecule has 1 aromatic heterocycles. The molecular formula is C11H13NO4S. The minimum Gasteiger partial charge on any atom is -0.870 e. The minimum atomic E-state index is -2.15. The van der Waals surface area contributed by atoms with Crippen LogP contribution in [-0.4, -0.2) is 18.8 Å². The van der Waals surface area contributed by atoms with E-state index in [1.54, 1.807) is 10.8 Å². The van der Waals surface area contributed by atoms with Gasteiger partial charge in [0.15, 0.2) is 6.54 Å². The van der Waals surface area contributed by atoms with Gasteiger partial charge >= 0.3 is 0 Å². The van der Waals surface area contributed by atoms with Crippen molar-refractivity contribution in [1.29, 1.82) is 0 Å². The Bertz CT molecular complexity index is 585. The monoisotopic (exact) mass is 255 g/mol. The molecule has 17 heavy (non-hydrogen) atoms. The predicted molar refractivity (Wildman–Crippen MR) is 62.2 cm³/mol. The maximum absolute atomic E-state index is 10.8. The van der Waals surface area contributed by atoms with Crippen LogP contribution in [0.5, 0.6) is 0 Å². The quantitative estimate of drug-likeness (QED) is 0.578. The van der Waals surface area contributed by atoms with Gasteiger partial charge in [-0.05, 0) is 17.7 Å². The van der Waals surface area contributed by atoms with Gasteiger partial charge in [-0.25, -0.2) is 4.52 Å². The van der Waals surface area contributed by atoms with Crippen molar-refractivity contribution in [3.05, 3.63) is 36.3 Å². The van der Waals surface area contributed by atoms with Crippen LogP contribution in [0.4, 0.5) is 0 Å². The molecule has 1 aliphatic carbocycles. The van der Waals surface area contributed by atoms with Crippen molar-refractivity contribution in [2.24, 2.45) is 0 Å². The summed E-state index contributed by atoms with van der Waals surface area (Å²) in [5, 5.41) is 0. The zero-order valence-electron chi connectivity index (χ0n) is 9.33. The molecule has 0 saturated carbocycles. The molecule has 0 saturated heterocycles. The standard InChI is InChI=1S/C11H12NO3S.H2O/c1-2-12-7-6-11(15-12)9-4-3-5-10(8-9)16(13)14;/h3-4,6-8H,2,5H2,1H3;1H2/q+1;/p-1. The Morgan fingerprint density at radius 1 is 1.47 bits per heavy atom. The second-order valence-electron chi connectivity index (χ2n) is 3.41. The summed E-state index contributed by atoms with van der Waals surface area (Å²) in [5.74, 6) is 0.681. The van der Waals surface area contributed by atoms with Crippen LogP contribution in [0.15, 0.2) is 35.0 Å². The largest absolute Gasteiger partial charge is 0.870 e. The lowest BCUT2D eigenvalue weighted by molar-refractivity contribution is -0.861. The number of hydrogen-bond donors (Lipinski definition) is 0. The normalized spacial score (nSPS) is 14.2. The van der Waals surface area contributed by atoms with Crippen LogP contribution in [0.25, 0.3) is 5.57 Å². The Balaban J connectivity index is 0.00000144. The van der Waals surface area contributed by atoms with Crippen LogP contribution < -0.4 is 4.74 Å². The molecule has 1 aromatic rings. The SMILES string of the molecule is CC[n+]1ccc(C2=CC(=S(=O)=O)CC=C2)o1.[OH-]. The summed E-state index contributed by atoms with van der Waals surface area (Å²) in [7, 11) is -2.15. The van der Waals surface area contributed by atoms with Crippen LogP contribution >= 0.6 is 0 Å². The fourth-order valence-electron chi connectivity index (χ4n) is 1.51. The minimum absolute atomic E-state index is 0. The lowest BCUT2D eigenvalue weighted by atomic mass is 10.1. The first-order valence-corrected chi connectivity index (χ1v) is 6.11. The Labute approximate surface area is 100 Å². The molecule has 2 rings (SSSR count). The van der Waals surface area contributed by atoms with Gasteiger partial charge in [0.2, 0.25) is 22.3 Å². The first-order valence-electron chi connectivity index (χ1n) is 5.04. The van der Waals surface area contributed by atoms with Crippen LogP contribution in [0, 0.1) is 0 Å². The van der Waals surface area contributed by atoms with Crippen molar-refractivity contribution >= 4 is 20.7 Å². The van der Waals surface area contributed by atoms with E-state index in [9.17, 15) is 8.42 Å². The third-order valence-corrected chi connectivity index (χ3v) is 3.06. The summed E-state index contributed by atoms with van der Waals surface area (Å²) in [5.41, 5.74) is 0.789. The Morgan fingerprint density at radius 3 is 2.82 bits per heavy atom. The molecule has 6 heteroatoms. The van der Waals surface area contributed by atoms with Gasteiger partial charge in [-0.2, -0.15) is 8.42 Å². The van der Waals surface area contributed by atoms with E-state index < -0.39 is 10.3 Å². The van der Waals surface area contributed by atoms with Crippen LogP contribution in [0.1, 0.15) is 19.1 Å². The van der Waals surface area contributed by atoms with Gasteiger partial charge in [0.05, 0.1) is 10.9 Å². The van der Waals surface area contributed by atoms with Gasteiger partial charge in [-0.15, -0.1) is 0 Å². The summed E-state index contributed by atoms with van der Waals surface area (Å²) in [6, 6.07) is 1.83. The molecule has 0 aromatic carbocycles. The lowest BCUT2D eigenvalue weighted by Crippen LogP contribution is -2.28. The first-order chi connectivity index (χ1) is 7.70. The summed E-state index contributed by atoms with van der Waals surface area (Å²) in [6.45, 7) is 2.73. The van der Waals surface area contributed by atoms with Gasteiger partial charge in [0, 0.05) is 12.0 Å². The average molecular weight is 255 g/mol. The number of nitrogens with zero attached hydrogens (tertiary/aromatic N) is 1. The summed E-state index contributed by atoms with van der Waals surface area (Å²) in [4.78, 5) is 0.386. The third kappa shape index (κ3) is 2.92. The van der Waals surface area contributed by atoms with E-state index in [0.29, 0.717) is 17.0 Å². The van der Waals surface area contributed by atoms with Gasteiger partial charge in [0.25, 0.3) is 0 Å². The molecule has 92 valence electrons. The molecule has 0 atom stereocenters. The maximum atomic E-state index is 10.8. The third-order valence-electron chi connectivity index (χ3n) is 2.35. The second kappa shape index (κ2) is 5.60. The van der Waals surface area contributed by atoms with E-state index in [1.165, 1.54) is 0 Å². The molecule has 0 fully saturated rings. The fraction of sp³-hybridized carbons (Fsp3) is 0.273. The molecule has 1 heterocycles. The molecule has 0 aliphatic heterocycles. The predicted octanol–water partition coefficient (Wildman–Crippen LogP) is 0.805. The second-order valence-corrected chi connectivity index (χ2v) is 4.41. The number of aryl methyl sites for hydroxylation is 1. The van der Waals surface area contributed by atoms with Crippen molar-refractivity contribution in [2.45, 2.75) is 19.9 Å². The van der Waals surface area contributed by atoms with Gasteiger partial charge in [-0.3, -0.25) is 0 Å². The van der Waals surface area contributed by atoms with Gasteiger partial charge in [-0.1, -0.05) is 12.2 Å². The molecule has 0 radical (unpaired) electrons. The highest BCUT2D eigenvalue weighted by Gasteiger charge is 2.13. The Kier molecular flexibility index (Phi) is 4.42. The smallest absolute Gasteiger partial charge is 0.220 e.